The number of rotatable bonds is 59. The Morgan fingerprint density at radius 2 is 0.544 bits per heavy atom. The molecule has 0 saturated carbocycles. The summed E-state index contributed by atoms with van der Waals surface area (Å²) in [6, 6.07) is 0. The van der Waals surface area contributed by atoms with Gasteiger partial charge in [-0.1, -0.05) is 316 Å². The van der Waals surface area contributed by atoms with E-state index >= 15 is 0 Å². The van der Waals surface area contributed by atoms with Gasteiger partial charge in [0.25, 0.3) is 0 Å². The predicted octanol–water partition coefficient (Wildman–Crippen LogP) is 22.8. The second kappa shape index (κ2) is 66.3. The van der Waals surface area contributed by atoms with E-state index in [2.05, 4.69) is 130 Å². The van der Waals surface area contributed by atoms with Gasteiger partial charge in [-0.2, -0.15) is 0 Å². The Morgan fingerprint density at radius 1 is 0.278 bits per heavy atom. The molecule has 450 valence electrons. The SMILES string of the molecule is CC/C=C\C/C=C\C/C=C\C/C=C\C/C=C\CCCCCCCC(=O)OC(COC(=O)C/C=C\C/C=C\C/C=C\C/C=C\C/C=C\CC)COC(=O)CCCCCCCCCCCCCCCCCCCCCCCCCCC. The molecular formula is C73H122O6. The average molecular weight is 1100 g/mol. The maximum Gasteiger partial charge on any atom is 0.309 e. The molecule has 0 saturated heterocycles. The van der Waals surface area contributed by atoms with Gasteiger partial charge in [0.1, 0.15) is 13.2 Å². The van der Waals surface area contributed by atoms with Crippen LogP contribution >= 0.6 is 0 Å². The van der Waals surface area contributed by atoms with E-state index in [0.29, 0.717) is 6.42 Å². The van der Waals surface area contributed by atoms with Crippen molar-refractivity contribution in [3.8, 4) is 0 Å². The normalized spacial score (nSPS) is 12.9. The van der Waals surface area contributed by atoms with Crippen molar-refractivity contribution in [2.24, 2.45) is 0 Å². The summed E-state index contributed by atoms with van der Waals surface area (Å²) in [5, 5.41) is 0. The van der Waals surface area contributed by atoms with Gasteiger partial charge < -0.3 is 14.2 Å². The maximum absolute atomic E-state index is 12.9. The quantitative estimate of drug-likeness (QED) is 0.0261. The van der Waals surface area contributed by atoms with E-state index in [1.54, 1.807) is 6.08 Å². The van der Waals surface area contributed by atoms with E-state index in [1.165, 1.54) is 141 Å². The highest BCUT2D eigenvalue weighted by Gasteiger charge is 2.19. The minimum absolute atomic E-state index is 0.116. The number of ether oxygens (including phenoxy) is 3. The van der Waals surface area contributed by atoms with Crippen molar-refractivity contribution in [1.82, 2.24) is 0 Å². The molecule has 0 bridgehead atoms. The molecule has 0 aliphatic heterocycles. The lowest BCUT2D eigenvalue weighted by Gasteiger charge is -2.18. The van der Waals surface area contributed by atoms with E-state index < -0.39 is 12.1 Å². The van der Waals surface area contributed by atoms with Gasteiger partial charge in [-0.15, -0.1) is 0 Å². The Morgan fingerprint density at radius 3 is 0.886 bits per heavy atom. The van der Waals surface area contributed by atoms with Crippen LogP contribution in [0, 0.1) is 0 Å². The van der Waals surface area contributed by atoms with E-state index in [-0.39, 0.29) is 38.0 Å². The summed E-state index contributed by atoms with van der Waals surface area (Å²) in [6.45, 7) is 6.34. The Bertz CT molecular complexity index is 1640. The monoisotopic (exact) mass is 1090 g/mol. The average Bonchev–Trinajstić information content (AvgIpc) is 3.45. The van der Waals surface area contributed by atoms with Crippen LogP contribution in [0.15, 0.2) is 122 Å². The molecule has 0 aliphatic rings. The van der Waals surface area contributed by atoms with E-state index in [4.69, 9.17) is 14.2 Å². The van der Waals surface area contributed by atoms with Crippen LogP contribution in [0.1, 0.15) is 303 Å². The fraction of sp³-hybridized carbons (Fsp3) is 0.685. The molecule has 0 fully saturated rings. The van der Waals surface area contributed by atoms with Crippen LogP contribution in [0.2, 0.25) is 0 Å². The summed E-state index contributed by atoms with van der Waals surface area (Å²) >= 11 is 0. The first-order valence-electron chi connectivity index (χ1n) is 33.0. The van der Waals surface area contributed by atoms with Crippen LogP contribution < -0.4 is 0 Å². The molecule has 0 aromatic heterocycles. The molecule has 0 aromatic rings. The minimum atomic E-state index is -0.832. The summed E-state index contributed by atoms with van der Waals surface area (Å²) in [7, 11) is 0. The van der Waals surface area contributed by atoms with E-state index in [0.717, 1.165) is 122 Å². The van der Waals surface area contributed by atoms with E-state index in [1.807, 2.05) is 6.08 Å². The van der Waals surface area contributed by atoms with Crippen LogP contribution in [-0.2, 0) is 28.6 Å². The number of esters is 3. The molecule has 6 heteroatoms. The Hall–Kier alpha value is -4.19. The van der Waals surface area contributed by atoms with Crippen molar-refractivity contribution in [1.29, 1.82) is 0 Å². The number of unbranched alkanes of at least 4 members (excludes halogenated alkanes) is 29. The smallest absolute Gasteiger partial charge is 0.309 e. The van der Waals surface area contributed by atoms with E-state index in [9.17, 15) is 14.4 Å². The summed E-state index contributed by atoms with van der Waals surface area (Å²) in [5.74, 6) is -1.06. The topological polar surface area (TPSA) is 78.9 Å². The van der Waals surface area contributed by atoms with Gasteiger partial charge in [-0.25, -0.2) is 0 Å². The minimum Gasteiger partial charge on any atom is -0.462 e. The zero-order chi connectivity index (χ0) is 57.1. The van der Waals surface area contributed by atoms with Gasteiger partial charge in [-0.3, -0.25) is 14.4 Å². The molecule has 0 N–H and O–H groups in total. The van der Waals surface area contributed by atoms with Crippen molar-refractivity contribution in [2.75, 3.05) is 13.2 Å². The summed E-state index contributed by atoms with van der Waals surface area (Å²) in [6.07, 6.45) is 92.4. The highest BCUT2D eigenvalue weighted by atomic mass is 16.6. The second-order valence-corrected chi connectivity index (χ2v) is 21.6. The van der Waals surface area contributed by atoms with Crippen molar-refractivity contribution in [3.05, 3.63) is 122 Å². The fourth-order valence-electron chi connectivity index (χ4n) is 9.13. The number of carbonyl (C=O) groups excluding carboxylic acids is 3. The van der Waals surface area contributed by atoms with Crippen LogP contribution in [0.25, 0.3) is 0 Å². The highest BCUT2D eigenvalue weighted by Crippen LogP contribution is 2.17. The molecule has 0 amide bonds. The molecule has 6 nitrogen and oxygen atoms in total. The molecule has 0 rings (SSSR count). The first kappa shape index (κ1) is 74.8. The van der Waals surface area contributed by atoms with Gasteiger partial charge in [0.05, 0.1) is 6.42 Å². The molecule has 0 radical (unpaired) electrons. The Kier molecular flexibility index (Phi) is 62.8. The maximum atomic E-state index is 12.9. The number of carbonyl (C=O) groups is 3. The molecule has 0 heterocycles. The van der Waals surface area contributed by atoms with Crippen LogP contribution in [-0.4, -0.2) is 37.2 Å². The zero-order valence-corrected chi connectivity index (χ0v) is 51.6. The fourth-order valence-corrected chi connectivity index (χ4v) is 9.13. The number of hydrogen-bond acceptors (Lipinski definition) is 6. The van der Waals surface area contributed by atoms with Gasteiger partial charge in [0.2, 0.25) is 0 Å². The van der Waals surface area contributed by atoms with Crippen LogP contribution in [0.5, 0.6) is 0 Å². The highest BCUT2D eigenvalue weighted by molar-refractivity contribution is 5.72. The van der Waals surface area contributed by atoms with Crippen molar-refractivity contribution in [3.63, 3.8) is 0 Å². The molecule has 1 unspecified atom stereocenters. The summed E-state index contributed by atoms with van der Waals surface area (Å²) in [5.41, 5.74) is 0. The molecular weight excluding hydrogens is 973 g/mol. The van der Waals surface area contributed by atoms with Crippen molar-refractivity contribution >= 4 is 17.9 Å². The third-order valence-electron chi connectivity index (χ3n) is 14.0. The molecule has 1 atom stereocenters. The predicted molar refractivity (Wildman–Crippen MR) is 343 cm³/mol. The van der Waals surface area contributed by atoms with Crippen molar-refractivity contribution < 1.29 is 28.6 Å². The summed E-state index contributed by atoms with van der Waals surface area (Å²) < 4.78 is 16.8. The Balaban J connectivity index is 4.42. The van der Waals surface area contributed by atoms with Gasteiger partial charge in [0.15, 0.2) is 6.10 Å². The number of hydrogen-bond donors (Lipinski definition) is 0. The Labute approximate surface area is 488 Å². The first-order valence-corrected chi connectivity index (χ1v) is 33.0. The number of allylic oxidation sites excluding steroid dienone is 19. The zero-order valence-electron chi connectivity index (χ0n) is 51.6. The van der Waals surface area contributed by atoms with Crippen molar-refractivity contribution in [2.45, 2.75) is 309 Å². The van der Waals surface area contributed by atoms with Crippen LogP contribution in [0.3, 0.4) is 0 Å². The van der Waals surface area contributed by atoms with Gasteiger partial charge in [0, 0.05) is 12.8 Å². The van der Waals surface area contributed by atoms with Gasteiger partial charge in [-0.05, 0) is 89.9 Å². The largest absolute Gasteiger partial charge is 0.462 e. The third-order valence-corrected chi connectivity index (χ3v) is 14.0. The third kappa shape index (κ3) is 64.5. The van der Waals surface area contributed by atoms with Crippen LogP contribution in [0.4, 0.5) is 0 Å². The summed E-state index contributed by atoms with van der Waals surface area (Å²) in [4.78, 5) is 38.3. The molecule has 79 heavy (non-hydrogen) atoms. The van der Waals surface area contributed by atoms with Gasteiger partial charge >= 0.3 is 17.9 Å². The molecule has 0 spiro atoms. The lowest BCUT2D eigenvalue weighted by Crippen LogP contribution is -2.30. The first-order chi connectivity index (χ1) is 39.0. The lowest BCUT2D eigenvalue weighted by molar-refractivity contribution is -0.166. The molecule has 0 aliphatic carbocycles. The standard InChI is InChI=1S/C73H122O6/c1-4-7-10-13-16-19-22-25-28-30-32-34-35-36-37-39-40-42-45-48-51-54-57-60-63-66-72(75)78-69-70(68-77-71(74)65-62-59-56-53-50-47-44-27-24-21-18-15-12-9-6-3)79-73(76)67-64-61-58-55-52-49-46-43-41-38-33-31-29-26-23-20-17-14-11-8-5-2/h8-9,11-12,17-18,20-21,26-27,29,33,38,43-44,46,50,53,59,62,70H,4-7,10,13-16,19,22-25,28,30-32,34-37,39-42,45,47-49,51-52,54-58,60-61,63-69H2,1-3H3/b11-8-,12-9-,20-17-,21-18-,29-26-,38-33-,44-27-,46-43-,53-50-,62-59-. The second-order valence-electron chi connectivity index (χ2n) is 21.6. The lowest BCUT2D eigenvalue weighted by atomic mass is 10.0. The molecule has 0 aromatic carbocycles.